The molecular formula is C37H26BrFN2O3S. The molecule has 0 bridgehead atoms. The molecule has 2 amide bonds. The summed E-state index contributed by atoms with van der Waals surface area (Å²) in [6, 6.07) is 34.1. The largest absolute Gasteiger partial charge is 0.321 e. The normalized spacial score (nSPS) is 11.8. The Morgan fingerprint density at radius 3 is 2.29 bits per heavy atom. The summed E-state index contributed by atoms with van der Waals surface area (Å²) in [5, 5.41) is 5.35. The van der Waals surface area contributed by atoms with Crippen LogP contribution in [0.25, 0.3) is 17.2 Å². The highest BCUT2D eigenvalue weighted by atomic mass is 79.9. The van der Waals surface area contributed by atoms with E-state index in [-0.39, 0.29) is 22.8 Å². The number of hydrogen-bond donors (Lipinski definition) is 2. The van der Waals surface area contributed by atoms with Gasteiger partial charge in [-0.05, 0) is 94.9 Å². The van der Waals surface area contributed by atoms with Crippen LogP contribution in [0.1, 0.15) is 37.4 Å². The van der Waals surface area contributed by atoms with Crippen molar-refractivity contribution in [2.75, 3.05) is 11.1 Å². The Hall–Kier alpha value is -4.79. The van der Waals surface area contributed by atoms with Crippen LogP contribution in [-0.2, 0) is 11.2 Å². The van der Waals surface area contributed by atoms with E-state index in [9.17, 15) is 18.8 Å². The zero-order valence-electron chi connectivity index (χ0n) is 23.9. The minimum atomic E-state index is -0.740. The maximum Gasteiger partial charge on any atom is 0.272 e. The molecule has 1 aliphatic carbocycles. The second kappa shape index (κ2) is 13.5. The third-order valence-corrected chi connectivity index (χ3v) is 8.93. The Bertz CT molecular complexity index is 1960. The highest BCUT2D eigenvalue weighted by Crippen LogP contribution is 2.37. The number of hydrogen-bond acceptors (Lipinski definition) is 4. The molecule has 8 heteroatoms. The molecule has 0 saturated heterocycles. The van der Waals surface area contributed by atoms with Gasteiger partial charge in [0.1, 0.15) is 11.5 Å². The molecule has 0 aromatic heterocycles. The van der Waals surface area contributed by atoms with Gasteiger partial charge in [0.15, 0.2) is 5.78 Å². The second-order valence-corrected chi connectivity index (χ2v) is 12.4. The van der Waals surface area contributed by atoms with E-state index in [0.717, 1.165) is 15.8 Å². The van der Waals surface area contributed by atoms with Crippen molar-refractivity contribution >= 4 is 57.1 Å². The number of rotatable bonds is 9. The lowest BCUT2D eigenvalue weighted by atomic mass is 10.0. The summed E-state index contributed by atoms with van der Waals surface area (Å²) < 4.78 is 15.1. The Morgan fingerprint density at radius 1 is 0.800 bits per heavy atom. The van der Waals surface area contributed by atoms with Crippen molar-refractivity contribution in [3.63, 3.8) is 0 Å². The van der Waals surface area contributed by atoms with Crippen molar-refractivity contribution in [1.29, 1.82) is 0 Å². The van der Waals surface area contributed by atoms with Gasteiger partial charge < -0.3 is 10.6 Å². The number of amides is 2. The van der Waals surface area contributed by atoms with Crippen LogP contribution in [-0.4, -0.2) is 23.4 Å². The van der Waals surface area contributed by atoms with E-state index < -0.39 is 17.6 Å². The predicted octanol–water partition coefficient (Wildman–Crippen LogP) is 8.54. The van der Waals surface area contributed by atoms with E-state index in [0.29, 0.717) is 16.8 Å². The molecule has 222 valence electrons. The molecule has 0 unspecified atom stereocenters. The van der Waals surface area contributed by atoms with E-state index in [4.69, 9.17) is 0 Å². The molecule has 5 aromatic rings. The Balaban J connectivity index is 1.10. The minimum Gasteiger partial charge on any atom is -0.321 e. The van der Waals surface area contributed by atoms with Crippen molar-refractivity contribution < 1.29 is 18.8 Å². The number of thioether (sulfide) groups is 1. The molecule has 5 nitrogen and oxygen atoms in total. The van der Waals surface area contributed by atoms with E-state index >= 15 is 0 Å². The van der Waals surface area contributed by atoms with Gasteiger partial charge in [0.2, 0.25) is 0 Å². The number of ketones is 1. The fourth-order valence-electron chi connectivity index (χ4n) is 5.10. The zero-order chi connectivity index (χ0) is 31.3. The second-order valence-electron chi connectivity index (χ2n) is 10.4. The minimum absolute atomic E-state index is 0.0458. The average Bonchev–Trinajstić information content (AvgIpc) is 3.43. The van der Waals surface area contributed by atoms with Crippen LogP contribution >= 0.6 is 27.7 Å². The molecule has 0 heterocycles. The molecule has 0 spiro atoms. The van der Waals surface area contributed by atoms with Crippen molar-refractivity contribution in [3.8, 4) is 11.1 Å². The first-order valence-corrected chi connectivity index (χ1v) is 15.9. The maximum atomic E-state index is 14.3. The van der Waals surface area contributed by atoms with E-state index in [1.165, 1.54) is 58.3 Å². The summed E-state index contributed by atoms with van der Waals surface area (Å²) >= 11 is 4.80. The van der Waals surface area contributed by atoms with Crippen LogP contribution in [0, 0.1) is 5.82 Å². The molecule has 2 N–H and O–H groups in total. The summed E-state index contributed by atoms with van der Waals surface area (Å²) in [6.07, 6.45) is 2.35. The fraction of sp³-hybridized carbons (Fsp3) is 0.0541. The van der Waals surface area contributed by atoms with E-state index in [1.54, 1.807) is 30.3 Å². The lowest BCUT2D eigenvalue weighted by Gasteiger charge is -2.12. The van der Waals surface area contributed by atoms with Crippen molar-refractivity contribution in [3.05, 3.63) is 159 Å². The van der Waals surface area contributed by atoms with Gasteiger partial charge in [-0.2, -0.15) is 0 Å². The third-order valence-electron chi connectivity index (χ3n) is 7.39. The molecule has 0 atom stereocenters. The number of carbonyl (C=O) groups excluding carboxylic acids is 3. The van der Waals surface area contributed by atoms with Crippen LogP contribution in [0.4, 0.5) is 10.1 Å². The van der Waals surface area contributed by atoms with Gasteiger partial charge in [-0.3, -0.25) is 14.4 Å². The Morgan fingerprint density at radius 2 is 1.51 bits per heavy atom. The lowest BCUT2D eigenvalue weighted by molar-refractivity contribution is -0.113. The van der Waals surface area contributed by atoms with Gasteiger partial charge in [-0.1, -0.05) is 76.6 Å². The maximum absolute atomic E-state index is 14.3. The highest BCUT2D eigenvalue weighted by molar-refractivity contribution is 9.10. The van der Waals surface area contributed by atoms with Crippen LogP contribution in [0.2, 0.25) is 0 Å². The fourth-order valence-corrected chi connectivity index (χ4v) is 6.16. The molecule has 0 fully saturated rings. The molecule has 0 aliphatic heterocycles. The van der Waals surface area contributed by atoms with Gasteiger partial charge >= 0.3 is 0 Å². The summed E-state index contributed by atoms with van der Waals surface area (Å²) in [6.45, 7) is 0. The Labute approximate surface area is 272 Å². The summed E-state index contributed by atoms with van der Waals surface area (Å²) in [5.41, 5.74) is 6.51. The number of halogens is 2. The molecule has 0 radical (unpaired) electrons. The topological polar surface area (TPSA) is 75.3 Å². The van der Waals surface area contributed by atoms with Crippen LogP contribution < -0.4 is 10.6 Å². The van der Waals surface area contributed by atoms with Crippen molar-refractivity contribution in [2.45, 2.75) is 11.3 Å². The van der Waals surface area contributed by atoms with E-state index in [1.807, 2.05) is 54.6 Å². The number of benzene rings is 5. The number of anilines is 1. The third kappa shape index (κ3) is 7.14. The van der Waals surface area contributed by atoms with E-state index in [2.05, 4.69) is 38.7 Å². The summed E-state index contributed by atoms with van der Waals surface area (Å²) in [7, 11) is 0. The average molecular weight is 678 g/mol. The quantitative estimate of drug-likeness (QED) is 0.0914. The van der Waals surface area contributed by atoms with Crippen LogP contribution in [0.5, 0.6) is 0 Å². The van der Waals surface area contributed by atoms with Crippen LogP contribution in [0.15, 0.2) is 130 Å². The van der Waals surface area contributed by atoms with Gasteiger partial charge in [0, 0.05) is 20.6 Å². The first-order chi connectivity index (χ1) is 21.8. The standard InChI is InChI=1S/C37H26BrFN2O3S/c38-27-12-9-23(10-13-27)19-34(41-36(43)32-7-3-4-8-33(32)39)37(44)40-28-14-16-29(17-15-28)45-22-35(42)25-11-18-31-26(21-25)20-24-5-1-2-6-30(24)31/h1-19,21H,20,22H2,(H,40,44)(H,41,43). The zero-order valence-corrected chi connectivity index (χ0v) is 26.3. The molecule has 6 rings (SSSR count). The first kappa shape index (κ1) is 30.2. The first-order valence-electron chi connectivity index (χ1n) is 14.2. The number of Topliss-reactive ketones (excluding diaryl/α,β-unsaturated/α-hetero) is 1. The van der Waals surface area contributed by atoms with Gasteiger partial charge in [0.05, 0.1) is 11.3 Å². The smallest absolute Gasteiger partial charge is 0.272 e. The van der Waals surface area contributed by atoms with Gasteiger partial charge in [-0.15, -0.1) is 11.8 Å². The number of carbonyl (C=O) groups is 3. The molecule has 0 saturated carbocycles. The molecule has 1 aliphatic rings. The molecule has 45 heavy (non-hydrogen) atoms. The van der Waals surface area contributed by atoms with Crippen molar-refractivity contribution in [2.24, 2.45) is 0 Å². The summed E-state index contributed by atoms with van der Waals surface area (Å²) in [5.74, 6) is -1.68. The SMILES string of the molecule is O=C(Nc1ccc(SCC(=O)c2ccc3c(c2)Cc2ccccc2-3)cc1)C(=Cc1ccc(Br)cc1)NC(=O)c1ccccc1F. The monoisotopic (exact) mass is 676 g/mol. The lowest BCUT2D eigenvalue weighted by Crippen LogP contribution is -2.31. The summed E-state index contributed by atoms with van der Waals surface area (Å²) in [4.78, 5) is 40.0. The number of fused-ring (bicyclic) bond motifs is 3. The molecular weight excluding hydrogens is 651 g/mol. The number of nitrogens with one attached hydrogen (secondary N) is 2. The molecule has 5 aromatic carbocycles. The van der Waals surface area contributed by atoms with Crippen LogP contribution in [0.3, 0.4) is 0 Å². The highest BCUT2D eigenvalue weighted by Gasteiger charge is 2.20. The predicted molar refractivity (Wildman–Crippen MR) is 181 cm³/mol. The van der Waals surface area contributed by atoms with Crippen molar-refractivity contribution in [1.82, 2.24) is 5.32 Å². The Kier molecular flexibility index (Phi) is 9.05. The van der Waals surface area contributed by atoms with Gasteiger partial charge in [-0.25, -0.2) is 4.39 Å². The van der Waals surface area contributed by atoms with Gasteiger partial charge in [0.25, 0.3) is 11.8 Å².